The van der Waals surface area contributed by atoms with Crippen LogP contribution in [0, 0.1) is 6.92 Å². The Morgan fingerprint density at radius 2 is 1.85 bits per heavy atom. The topological polar surface area (TPSA) is 18.5 Å². The molecular formula is C17H19BrO2. The molecule has 0 bridgehead atoms. The molecule has 0 N–H and O–H groups in total. The Morgan fingerprint density at radius 3 is 2.55 bits per heavy atom. The van der Waals surface area contributed by atoms with E-state index in [9.17, 15) is 0 Å². The first-order chi connectivity index (χ1) is 9.63. The van der Waals surface area contributed by atoms with Gasteiger partial charge >= 0.3 is 0 Å². The minimum Gasteiger partial charge on any atom is -0.497 e. The predicted octanol–water partition coefficient (Wildman–Crippen LogP) is 4.69. The molecule has 0 saturated carbocycles. The number of benzene rings is 2. The number of rotatable bonds is 5. The molecule has 0 radical (unpaired) electrons. The molecule has 0 saturated heterocycles. The molecule has 0 heterocycles. The van der Waals surface area contributed by atoms with Gasteiger partial charge in [-0.1, -0.05) is 45.8 Å². The van der Waals surface area contributed by atoms with Crippen molar-refractivity contribution in [2.24, 2.45) is 0 Å². The first-order valence-electron chi connectivity index (χ1n) is 6.55. The molecule has 1 unspecified atom stereocenters. The summed E-state index contributed by atoms with van der Waals surface area (Å²) in [6.45, 7) is 2.09. The maximum Gasteiger partial charge on any atom is 0.123 e. The van der Waals surface area contributed by atoms with E-state index in [1.807, 2.05) is 18.2 Å². The summed E-state index contributed by atoms with van der Waals surface area (Å²) in [5, 5.41) is 0. The van der Waals surface area contributed by atoms with Crippen LogP contribution in [-0.2, 0) is 6.42 Å². The average Bonchev–Trinajstić information content (AvgIpc) is 2.47. The van der Waals surface area contributed by atoms with E-state index in [1.54, 1.807) is 14.2 Å². The highest BCUT2D eigenvalue weighted by Gasteiger charge is 2.14. The van der Waals surface area contributed by atoms with Crippen molar-refractivity contribution in [3.63, 3.8) is 0 Å². The Kier molecular flexibility index (Phi) is 5.07. The number of ether oxygens (including phenoxy) is 2. The van der Waals surface area contributed by atoms with Crippen LogP contribution in [0.25, 0.3) is 0 Å². The van der Waals surface area contributed by atoms with Gasteiger partial charge in [0.1, 0.15) is 11.5 Å². The Labute approximate surface area is 128 Å². The second-order valence-corrected chi connectivity index (χ2v) is 5.87. The van der Waals surface area contributed by atoms with Gasteiger partial charge in [0, 0.05) is 10.4 Å². The highest BCUT2D eigenvalue weighted by atomic mass is 79.9. The summed E-state index contributed by atoms with van der Waals surface area (Å²) in [6.07, 6.45) is 0.886. The Hall–Kier alpha value is -1.48. The average molecular weight is 335 g/mol. The number of hydrogen-bond donors (Lipinski definition) is 0. The number of methoxy groups -OCH3 is 2. The highest BCUT2D eigenvalue weighted by Crippen LogP contribution is 2.34. The maximum absolute atomic E-state index is 5.45. The molecule has 2 aromatic rings. The van der Waals surface area contributed by atoms with Gasteiger partial charge in [-0.2, -0.15) is 0 Å². The van der Waals surface area contributed by atoms with E-state index in [1.165, 1.54) is 16.7 Å². The van der Waals surface area contributed by atoms with E-state index in [0.29, 0.717) is 0 Å². The third kappa shape index (κ3) is 3.54. The molecule has 3 heteroatoms. The largest absolute Gasteiger partial charge is 0.497 e. The minimum atomic E-state index is 0.212. The zero-order valence-corrected chi connectivity index (χ0v) is 13.6. The van der Waals surface area contributed by atoms with E-state index in [2.05, 4.69) is 47.1 Å². The maximum atomic E-state index is 5.45. The molecule has 0 aliphatic rings. The van der Waals surface area contributed by atoms with E-state index >= 15 is 0 Å². The summed E-state index contributed by atoms with van der Waals surface area (Å²) >= 11 is 3.77. The molecule has 0 aliphatic carbocycles. The Morgan fingerprint density at radius 1 is 1.05 bits per heavy atom. The smallest absolute Gasteiger partial charge is 0.123 e. The lowest BCUT2D eigenvalue weighted by atomic mass is 10.0. The van der Waals surface area contributed by atoms with Gasteiger partial charge in [-0.15, -0.1) is 0 Å². The molecule has 0 fully saturated rings. The molecule has 0 spiro atoms. The predicted molar refractivity (Wildman–Crippen MR) is 86.1 cm³/mol. The van der Waals surface area contributed by atoms with Gasteiger partial charge in [0.2, 0.25) is 0 Å². The quantitative estimate of drug-likeness (QED) is 0.738. The number of hydrogen-bond acceptors (Lipinski definition) is 2. The molecule has 106 valence electrons. The molecule has 0 aromatic heterocycles. The van der Waals surface area contributed by atoms with Crippen LogP contribution in [0.4, 0.5) is 0 Å². The van der Waals surface area contributed by atoms with Crippen LogP contribution in [0.15, 0.2) is 42.5 Å². The zero-order valence-electron chi connectivity index (χ0n) is 12.0. The SMILES string of the molecule is COc1cccc(CC(Br)c2cc(C)ccc2OC)c1. The van der Waals surface area contributed by atoms with Crippen molar-refractivity contribution >= 4 is 15.9 Å². The van der Waals surface area contributed by atoms with E-state index in [-0.39, 0.29) is 4.83 Å². The van der Waals surface area contributed by atoms with Crippen LogP contribution in [0.1, 0.15) is 21.5 Å². The monoisotopic (exact) mass is 334 g/mol. The van der Waals surface area contributed by atoms with E-state index in [0.717, 1.165) is 17.9 Å². The summed E-state index contributed by atoms with van der Waals surface area (Å²) in [4.78, 5) is 0.212. The highest BCUT2D eigenvalue weighted by molar-refractivity contribution is 9.09. The van der Waals surface area contributed by atoms with Gasteiger partial charge in [-0.3, -0.25) is 0 Å². The molecule has 0 amide bonds. The second-order valence-electron chi connectivity index (χ2n) is 4.77. The fourth-order valence-electron chi connectivity index (χ4n) is 2.21. The van der Waals surface area contributed by atoms with Crippen LogP contribution >= 0.6 is 15.9 Å². The third-order valence-electron chi connectivity index (χ3n) is 3.27. The Bertz CT molecular complexity index is 581. The van der Waals surface area contributed by atoms with Crippen LogP contribution in [0.5, 0.6) is 11.5 Å². The minimum absolute atomic E-state index is 0.212. The van der Waals surface area contributed by atoms with Crippen molar-refractivity contribution in [2.75, 3.05) is 14.2 Å². The summed E-state index contributed by atoms with van der Waals surface area (Å²) in [5.74, 6) is 1.80. The van der Waals surface area contributed by atoms with Crippen LogP contribution < -0.4 is 9.47 Å². The number of alkyl halides is 1. The van der Waals surface area contributed by atoms with Crippen LogP contribution in [0.3, 0.4) is 0 Å². The summed E-state index contributed by atoms with van der Waals surface area (Å²) < 4.78 is 10.7. The summed E-state index contributed by atoms with van der Waals surface area (Å²) in [5.41, 5.74) is 3.64. The van der Waals surface area contributed by atoms with Gasteiger partial charge in [-0.25, -0.2) is 0 Å². The molecule has 2 aromatic carbocycles. The normalized spacial score (nSPS) is 12.0. The van der Waals surface area contributed by atoms with Gasteiger partial charge in [0.05, 0.1) is 14.2 Å². The van der Waals surface area contributed by atoms with Crippen LogP contribution in [-0.4, -0.2) is 14.2 Å². The van der Waals surface area contributed by atoms with Gasteiger partial charge in [0.15, 0.2) is 0 Å². The van der Waals surface area contributed by atoms with Gasteiger partial charge in [-0.05, 0) is 37.1 Å². The standard InChI is InChI=1S/C17H19BrO2/c1-12-7-8-17(20-3)15(9-12)16(18)11-13-5-4-6-14(10-13)19-2/h4-10,16H,11H2,1-3H3. The van der Waals surface area contributed by atoms with Crippen LogP contribution in [0.2, 0.25) is 0 Å². The van der Waals surface area contributed by atoms with Crippen molar-refractivity contribution in [1.82, 2.24) is 0 Å². The van der Waals surface area contributed by atoms with Crippen molar-refractivity contribution in [3.05, 3.63) is 59.2 Å². The number of aryl methyl sites for hydroxylation is 1. The lowest BCUT2D eigenvalue weighted by molar-refractivity contribution is 0.409. The van der Waals surface area contributed by atoms with Crippen molar-refractivity contribution in [3.8, 4) is 11.5 Å². The van der Waals surface area contributed by atoms with Crippen molar-refractivity contribution < 1.29 is 9.47 Å². The molecule has 2 nitrogen and oxygen atoms in total. The van der Waals surface area contributed by atoms with Crippen molar-refractivity contribution in [2.45, 2.75) is 18.2 Å². The first kappa shape index (κ1) is 14.9. The molecule has 1 atom stereocenters. The van der Waals surface area contributed by atoms with Gasteiger partial charge < -0.3 is 9.47 Å². The molecule has 0 aliphatic heterocycles. The van der Waals surface area contributed by atoms with E-state index < -0.39 is 0 Å². The first-order valence-corrected chi connectivity index (χ1v) is 7.47. The Balaban J connectivity index is 2.23. The summed E-state index contributed by atoms with van der Waals surface area (Å²) in [7, 11) is 3.40. The lowest BCUT2D eigenvalue weighted by Gasteiger charge is -2.15. The second kappa shape index (κ2) is 6.80. The lowest BCUT2D eigenvalue weighted by Crippen LogP contribution is -2.00. The summed E-state index contributed by atoms with van der Waals surface area (Å²) in [6, 6.07) is 14.4. The molecule has 20 heavy (non-hydrogen) atoms. The van der Waals surface area contributed by atoms with Crippen molar-refractivity contribution in [1.29, 1.82) is 0 Å². The zero-order chi connectivity index (χ0) is 14.5. The van der Waals surface area contributed by atoms with E-state index in [4.69, 9.17) is 9.47 Å². The molecular weight excluding hydrogens is 316 g/mol. The third-order valence-corrected chi connectivity index (χ3v) is 4.09. The fourth-order valence-corrected chi connectivity index (χ4v) is 2.95. The number of halogens is 1. The van der Waals surface area contributed by atoms with Gasteiger partial charge in [0.25, 0.3) is 0 Å². The molecule has 2 rings (SSSR count). The fraction of sp³-hybridized carbons (Fsp3) is 0.294.